The van der Waals surface area contributed by atoms with Crippen molar-refractivity contribution in [3.05, 3.63) is 0 Å². The van der Waals surface area contributed by atoms with Crippen molar-refractivity contribution in [1.82, 2.24) is 5.48 Å². The fourth-order valence-electron chi connectivity index (χ4n) is 0.291. The van der Waals surface area contributed by atoms with Crippen molar-refractivity contribution in [3.63, 3.8) is 0 Å². The van der Waals surface area contributed by atoms with Crippen LogP contribution in [0.5, 0.6) is 0 Å². The molecular formula is C3H4NO3. The third-order valence-electron chi connectivity index (χ3n) is 0.539. The van der Waals surface area contributed by atoms with Crippen LogP contribution in [0.3, 0.4) is 0 Å². The Bertz CT molecular complexity index is 74.2. The number of hydrogen-bond acceptors (Lipinski definition) is 3. The van der Waals surface area contributed by atoms with E-state index in [1.54, 1.807) is 0 Å². The molecule has 0 aromatic carbocycles. The fraction of sp³-hybridized carbons (Fsp3) is 0.667. The monoisotopic (exact) mass is 102 g/mol. The van der Waals surface area contributed by atoms with Gasteiger partial charge in [-0.1, -0.05) is 5.48 Å². The van der Waals surface area contributed by atoms with Gasteiger partial charge in [0.1, 0.15) is 13.2 Å². The third kappa shape index (κ3) is 1.04. The zero-order valence-electron chi connectivity index (χ0n) is 3.59. The standard InChI is InChI=1S/C3H4NO3/c5-3-4-7-2-1-6-3/h1-2H2. The van der Waals surface area contributed by atoms with Crippen LogP contribution in [0.25, 0.3) is 0 Å². The van der Waals surface area contributed by atoms with Crippen LogP contribution in [0, 0.1) is 0 Å². The summed E-state index contributed by atoms with van der Waals surface area (Å²) in [5.41, 5.74) is 2.97. The minimum atomic E-state index is -0.633. The Balaban J connectivity index is 2.25. The van der Waals surface area contributed by atoms with E-state index in [4.69, 9.17) is 0 Å². The second-order valence-electron chi connectivity index (χ2n) is 1.04. The lowest BCUT2D eigenvalue weighted by atomic mass is 10.8. The van der Waals surface area contributed by atoms with Gasteiger partial charge in [-0.25, -0.2) is 9.63 Å². The summed E-state index contributed by atoms with van der Waals surface area (Å²) in [4.78, 5) is 14.3. The molecule has 1 amide bonds. The van der Waals surface area contributed by atoms with Gasteiger partial charge in [0.05, 0.1) is 0 Å². The number of hydrogen-bond donors (Lipinski definition) is 0. The first-order valence-corrected chi connectivity index (χ1v) is 1.89. The number of hydroxylamine groups is 1. The van der Waals surface area contributed by atoms with Gasteiger partial charge in [-0.2, -0.15) is 0 Å². The van der Waals surface area contributed by atoms with Crippen LogP contribution < -0.4 is 5.48 Å². The van der Waals surface area contributed by atoms with Crippen LogP contribution in [-0.4, -0.2) is 19.3 Å². The highest BCUT2D eigenvalue weighted by Gasteiger charge is 2.08. The van der Waals surface area contributed by atoms with Gasteiger partial charge in [-0.3, -0.25) is 0 Å². The summed E-state index contributed by atoms with van der Waals surface area (Å²) in [6, 6.07) is 0. The minimum Gasteiger partial charge on any atom is -0.444 e. The van der Waals surface area contributed by atoms with Crippen LogP contribution in [0.1, 0.15) is 0 Å². The Morgan fingerprint density at radius 1 is 1.57 bits per heavy atom. The maximum Gasteiger partial charge on any atom is 0.456 e. The highest BCUT2D eigenvalue weighted by atomic mass is 16.7. The molecule has 1 aliphatic heterocycles. The predicted molar refractivity (Wildman–Crippen MR) is 19.4 cm³/mol. The van der Waals surface area contributed by atoms with Crippen molar-refractivity contribution in [2.24, 2.45) is 0 Å². The van der Waals surface area contributed by atoms with Gasteiger partial charge in [-0.15, -0.1) is 0 Å². The minimum absolute atomic E-state index is 0.322. The summed E-state index contributed by atoms with van der Waals surface area (Å²) in [7, 11) is 0. The van der Waals surface area contributed by atoms with Crippen molar-refractivity contribution in [2.45, 2.75) is 0 Å². The van der Waals surface area contributed by atoms with Gasteiger partial charge < -0.3 is 4.74 Å². The second kappa shape index (κ2) is 1.79. The molecule has 0 aromatic rings. The van der Waals surface area contributed by atoms with E-state index < -0.39 is 6.09 Å². The summed E-state index contributed by atoms with van der Waals surface area (Å²) in [6.07, 6.45) is -0.633. The number of ether oxygens (including phenoxy) is 1. The predicted octanol–water partition coefficient (Wildman–Crippen LogP) is -0.327. The summed E-state index contributed by atoms with van der Waals surface area (Å²) in [5, 5.41) is 0. The highest BCUT2D eigenvalue weighted by molar-refractivity contribution is 5.65. The Kier molecular flexibility index (Phi) is 1.12. The van der Waals surface area contributed by atoms with Crippen LogP contribution in [-0.2, 0) is 9.57 Å². The Hall–Kier alpha value is -0.770. The lowest BCUT2D eigenvalue weighted by Gasteiger charge is -2.07. The Morgan fingerprint density at radius 2 is 2.43 bits per heavy atom. The van der Waals surface area contributed by atoms with E-state index >= 15 is 0 Å². The van der Waals surface area contributed by atoms with Gasteiger partial charge in [0, 0.05) is 0 Å². The number of amides is 1. The van der Waals surface area contributed by atoms with Gasteiger partial charge in [-0.05, 0) is 0 Å². The molecule has 0 saturated carbocycles. The third-order valence-corrected chi connectivity index (χ3v) is 0.539. The molecule has 0 aromatic heterocycles. The smallest absolute Gasteiger partial charge is 0.444 e. The molecule has 1 rings (SSSR count). The van der Waals surface area contributed by atoms with E-state index in [0.29, 0.717) is 13.2 Å². The van der Waals surface area contributed by atoms with Gasteiger partial charge in [0.15, 0.2) is 0 Å². The molecule has 0 atom stereocenters. The second-order valence-corrected chi connectivity index (χ2v) is 1.04. The zero-order valence-corrected chi connectivity index (χ0v) is 3.59. The fourth-order valence-corrected chi connectivity index (χ4v) is 0.291. The molecule has 0 spiro atoms. The summed E-state index contributed by atoms with van der Waals surface area (Å²) < 4.78 is 4.35. The number of carbonyl (C=O) groups is 1. The van der Waals surface area contributed by atoms with Crippen LogP contribution in [0.15, 0.2) is 0 Å². The molecule has 1 fully saturated rings. The molecule has 1 radical (unpaired) electrons. The van der Waals surface area contributed by atoms with Crippen LogP contribution >= 0.6 is 0 Å². The van der Waals surface area contributed by atoms with Crippen LogP contribution in [0.4, 0.5) is 4.79 Å². The molecule has 39 valence electrons. The molecule has 1 heterocycles. The number of rotatable bonds is 0. The topological polar surface area (TPSA) is 49.6 Å². The molecule has 0 aliphatic carbocycles. The maximum absolute atomic E-state index is 9.95. The first kappa shape index (κ1) is 4.39. The zero-order chi connectivity index (χ0) is 5.11. The summed E-state index contributed by atoms with van der Waals surface area (Å²) >= 11 is 0. The van der Waals surface area contributed by atoms with E-state index in [2.05, 4.69) is 15.1 Å². The van der Waals surface area contributed by atoms with Crippen molar-refractivity contribution in [2.75, 3.05) is 13.2 Å². The highest BCUT2D eigenvalue weighted by Crippen LogP contribution is 1.86. The molecule has 1 aliphatic rings. The van der Waals surface area contributed by atoms with Crippen molar-refractivity contribution in [3.8, 4) is 0 Å². The average Bonchev–Trinajstić information content (AvgIpc) is 1.69. The normalized spacial score (nSPS) is 20.3. The van der Waals surface area contributed by atoms with E-state index in [1.165, 1.54) is 0 Å². The molecule has 0 N–H and O–H groups in total. The maximum atomic E-state index is 9.95. The molecule has 7 heavy (non-hydrogen) atoms. The molecular weight excluding hydrogens is 98.0 g/mol. The quantitative estimate of drug-likeness (QED) is 0.421. The van der Waals surface area contributed by atoms with Gasteiger partial charge in [0.25, 0.3) is 0 Å². The molecule has 4 heteroatoms. The average molecular weight is 102 g/mol. The largest absolute Gasteiger partial charge is 0.456 e. The molecule has 0 unspecified atom stereocenters. The Morgan fingerprint density at radius 3 is 2.71 bits per heavy atom. The number of carbonyl (C=O) groups excluding carboxylic acids is 1. The van der Waals surface area contributed by atoms with E-state index in [1.807, 2.05) is 0 Å². The number of cyclic esters (lactones) is 1. The lowest BCUT2D eigenvalue weighted by Crippen LogP contribution is -2.27. The number of nitrogens with zero attached hydrogens (tertiary/aromatic N) is 1. The van der Waals surface area contributed by atoms with Crippen LogP contribution in [0.2, 0.25) is 0 Å². The SMILES string of the molecule is O=C1[N]OCCO1. The molecule has 0 bridgehead atoms. The first-order valence-electron chi connectivity index (χ1n) is 1.89. The molecule has 1 saturated heterocycles. The van der Waals surface area contributed by atoms with Crippen molar-refractivity contribution < 1.29 is 14.4 Å². The van der Waals surface area contributed by atoms with Gasteiger partial charge >= 0.3 is 6.09 Å². The van der Waals surface area contributed by atoms with Crippen molar-refractivity contribution >= 4 is 6.09 Å². The molecule has 4 nitrogen and oxygen atoms in total. The van der Waals surface area contributed by atoms with Gasteiger partial charge in [0.2, 0.25) is 0 Å². The Labute approximate surface area is 40.4 Å². The summed E-state index contributed by atoms with van der Waals surface area (Å²) in [5.74, 6) is 0. The lowest BCUT2D eigenvalue weighted by molar-refractivity contribution is -0.0374. The van der Waals surface area contributed by atoms with E-state index in [0.717, 1.165) is 0 Å². The van der Waals surface area contributed by atoms with E-state index in [9.17, 15) is 4.79 Å². The van der Waals surface area contributed by atoms with Crippen molar-refractivity contribution in [1.29, 1.82) is 0 Å². The first-order chi connectivity index (χ1) is 3.39. The summed E-state index contributed by atoms with van der Waals surface area (Å²) in [6.45, 7) is 0.702. The van der Waals surface area contributed by atoms with E-state index in [-0.39, 0.29) is 0 Å².